The maximum atomic E-state index is 14.0. The van der Waals surface area contributed by atoms with Crippen LogP contribution in [0.1, 0.15) is 26.7 Å². The van der Waals surface area contributed by atoms with Crippen molar-refractivity contribution in [3.8, 4) is 0 Å². The van der Waals surface area contributed by atoms with Gasteiger partial charge < -0.3 is 4.48 Å². The molecule has 0 aromatic carbocycles. The van der Waals surface area contributed by atoms with Crippen LogP contribution >= 0.6 is 11.9 Å². The summed E-state index contributed by atoms with van der Waals surface area (Å²) in [5.41, 5.74) is 0. The van der Waals surface area contributed by atoms with Gasteiger partial charge in [-0.2, -0.15) is 35.1 Å². The van der Waals surface area contributed by atoms with E-state index in [4.69, 9.17) is 0 Å². The molecule has 0 N–H and O–H groups in total. The van der Waals surface area contributed by atoms with Crippen LogP contribution in [0.15, 0.2) is 0 Å². The quantitative estimate of drug-likeness (QED) is 0.288. The number of hydrogen-bond donors (Lipinski definition) is 0. The van der Waals surface area contributed by atoms with Gasteiger partial charge in [0.05, 0.1) is 39.3 Å². The van der Waals surface area contributed by atoms with Gasteiger partial charge in [0, 0.05) is 11.9 Å². The van der Waals surface area contributed by atoms with Gasteiger partial charge in [-0.25, -0.2) is 4.31 Å². The van der Waals surface area contributed by atoms with E-state index < -0.39 is 35.2 Å². The predicted octanol–water partition coefficient (Wildman–Crippen LogP) is 4.94. The summed E-state index contributed by atoms with van der Waals surface area (Å²) in [6, 6.07) is 0. The first-order valence-electron chi connectivity index (χ1n) is 8.32. The van der Waals surface area contributed by atoms with Gasteiger partial charge in [0.2, 0.25) is 0 Å². The van der Waals surface area contributed by atoms with Gasteiger partial charge in [0.15, 0.2) is 0 Å². The Morgan fingerprint density at radius 3 is 1.67 bits per heavy atom. The summed E-state index contributed by atoms with van der Waals surface area (Å²) in [6.45, 7) is 5.79. The van der Waals surface area contributed by atoms with Crippen LogP contribution in [0.25, 0.3) is 0 Å². The summed E-state index contributed by atoms with van der Waals surface area (Å²) in [7, 11) is 0. The van der Waals surface area contributed by atoms with Crippen LogP contribution in [-0.2, 0) is 4.94 Å². The Hall–Kier alpha value is -0.400. The molecule has 1 heterocycles. The number of halogens is 9. The second-order valence-electron chi connectivity index (χ2n) is 6.52. The molecule has 1 aliphatic heterocycles. The Morgan fingerprint density at radius 1 is 0.889 bits per heavy atom. The standard InChI is InChI=1S/C14H22F9N2OS/c1-3-7-25(8-4-2)9-5-24(6-10-25)27-14(21,22)12(17,26-23)11(15,16)13(18,19)20/h3-10H2,1-2H3/q+1. The summed E-state index contributed by atoms with van der Waals surface area (Å²) in [4.78, 5) is 1.92. The van der Waals surface area contributed by atoms with E-state index in [1.54, 1.807) is 0 Å². The van der Waals surface area contributed by atoms with E-state index in [1.165, 1.54) is 0 Å². The number of quaternary nitrogens is 1. The molecule has 1 saturated heterocycles. The molecule has 0 aromatic rings. The molecule has 1 atom stereocenters. The van der Waals surface area contributed by atoms with Gasteiger partial charge in [0.1, 0.15) is 0 Å². The lowest BCUT2D eigenvalue weighted by Crippen LogP contribution is -2.64. The second-order valence-corrected chi connectivity index (χ2v) is 7.73. The molecule has 3 nitrogen and oxygen atoms in total. The van der Waals surface area contributed by atoms with E-state index >= 15 is 0 Å². The summed E-state index contributed by atoms with van der Waals surface area (Å²) in [5.74, 6) is -13.0. The van der Waals surface area contributed by atoms with Crippen LogP contribution in [0.2, 0.25) is 0 Å². The molecule has 27 heavy (non-hydrogen) atoms. The smallest absolute Gasteiger partial charge is 0.321 e. The van der Waals surface area contributed by atoms with Gasteiger partial charge in [0.25, 0.3) is 0 Å². The predicted molar refractivity (Wildman–Crippen MR) is 81.5 cm³/mol. The third-order valence-electron chi connectivity index (χ3n) is 4.53. The Morgan fingerprint density at radius 2 is 1.33 bits per heavy atom. The molecular formula is C14H22F9N2OS+. The van der Waals surface area contributed by atoms with Crippen molar-refractivity contribution in [3.63, 3.8) is 0 Å². The van der Waals surface area contributed by atoms with Crippen molar-refractivity contribution in [1.82, 2.24) is 4.31 Å². The van der Waals surface area contributed by atoms with Crippen molar-refractivity contribution < 1.29 is 49.1 Å². The molecule has 0 aromatic heterocycles. The fourth-order valence-electron chi connectivity index (χ4n) is 3.15. The second kappa shape index (κ2) is 8.54. The van der Waals surface area contributed by atoms with E-state index in [1.807, 2.05) is 18.8 Å². The average Bonchev–Trinajstić information content (AvgIpc) is 2.55. The van der Waals surface area contributed by atoms with Crippen molar-refractivity contribution in [1.29, 1.82) is 0 Å². The number of alkyl halides is 8. The zero-order chi connectivity index (χ0) is 21.1. The first-order valence-corrected chi connectivity index (χ1v) is 9.09. The van der Waals surface area contributed by atoms with Crippen molar-refractivity contribution >= 4 is 11.9 Å². The zero-order valence-corrected chi connectivity index (χ0v) is 15.6. The summed E-state index contributed by atoms with van der Waals surface area (Å²) in [6.07, 6.45) is -5.15. The Labute approximate surface area is 155 Å². The topological polar surface area (TPSA) is 12.5 Å². The number of hydrogen-bond acceptors (Lipinski definition) is 3. The molecule has 0 bridgehead atoms. The van der Waals surface area contributed by atoms with E-state index in [0.29, 0.717) is 17.6 Å². The molecule has 0 radical (unpaired) electrons. The number of piperazine rings is 1. The Kier molecular flexibility index (Phi) is 7.79. The fourth-order valence-corrected chi connectivity index (χ4v) is 4.10. The number of nitrogens with zero attached hydrogens (tertiary/aromatic N) is 2. The molecule has 1 unspecified atom stereocenters. The van der Waals surface area contributed by atoms with E-state index in [-0.39, 0.29) is 13.1 Å². The molecule has 0 saturated carbocycles. The highest BCUT2D eigenvalue weighted by atomic mass is 32.2. The van der Waals surface area contributed by atoms with Gasteiger partial charge in [-0.1, -0.05) is 13.8 Å². The van der Waals surface area contributed by atoms with Crippen molar-refractivity contribution in [2.75, 3.05) is 39.3 Å². The highest BCUT2D eigenvalue weighted by Crippen LogP contribution is 2.57. The highest BCUT2D eigenvalue weighted by Gasteiger charge is 2.83. The minimum Gasteiger partial charge on any atom is -0.321 e. The third-order valence-corrected chi connectivity index (χ3v) is 5.64. The lowest BCUT2D eigenvalue weighted by atomic mass is 10.1. The van der Waals surface area contributed by atoms with Crippen LogP contribution < -0.4 is 0 Å². The van der Waals surface area contributed by atoms with Gasteiger partial charge in [-0.3, -0.25) is 0 Å². The molecular weight excluding hydrogens is 415 g/mol. The summed E-state index contributed by atoms with van der Waals surface area (Å²) in [5, 5.41) is -5.52. The Bertz CT molecular complexity index is 476. The molecule has 0 aliphatic carbocycles. The van der Waals surface area contributed by atoms with E-state index in [2.05, 4.69) is 0 Å². The molecule has 162 valence electrons. The number of rotatable bonds is 9. The first-order chi connectivity index (χ1) is 12.2. The summed E-state index contributed by atoms with van der Waals surface area (Å²) < 4.78 is 119. The van der Waals surface area contributed by atoms with Gasteiger partial charge >= 0.3 is 23.2 Å². The third kappa shape index (κ3) is 4.78. The molecule has 13 heteroatoms. The average molecular weight is 437 g/mol. The van der Waals surface area contributed by atoms with Crippen LogP contribution in [0.3, 0.4) is 0 Å². The largest absolute Gasteiger partial charge is 0.459 e. The van der Waals surface area contributed by atoms with Crippen molar-refractivity contribution in [2.45, 2.75) is 49.9 Å². The zero-order valence-electron chi connectivity index (χ0n) is 14.8. The van der Waals surface area contributed by atoms with E-state index in [9.17, 15) is 39.6 Å². The Balaban J connectivity index is 2.94. The molecule has 0 amide bonds. The molecule has 1 rings (SSSR count). The minimum absolute atomic E-state index is 0.111. The normalized spacial score (nSPS) is 21.9. The van der Waals surface area contributed by atoms with Crippen molar-refractivity contribution in [2.24, 2.45) is 0 Å². The van der Waals surface area contributed by atoms with Crippen LogP contribution in [0.4, 0.5) is 39.6 Å². The van der Waals surface area contributed by atoms with Crippen LogP contribution in [0, 0.1) is 0 Å². The first kappa shape index (κ1) is 24.6. The molecule has 1 aliphatic rings. The molecule has 0 spiro atoms. The lowest BCUT2D eigenvalue weighted by Gasteiger charge is -2.45. The minimum atomic E-state index is -6.77. The van der Waals surface area contributed by atoms with Crippen LogP contribution in [-0.4, -0.2) is 71.3 Å². The monoisotopic (exact) mass is 437 g/mol. The van der Waals surface area contributed by atoms with E-state index in [0.717, 1.165) is 30.2 Å². The van der Waals surface area contributed by atoms with Gasteiger partial charge in [-0.15, -0.1) is 4.94 Å². The fraction of sp³-hybridized carbons (Fsp3) is 1.00. The van der Waals surface area contributed by atoms with Gasteiger partial charge in [-0.05, 0) is 17.4 Å². The van der Waals surface area contributed by atoms with Crippen molar-refractivity contribution in [3.05, 3.63) is 0 Å². The highest BCUT2D eigenvalue weighted by molar-refractivity contribution is 7.98. The van der Waals surface area contributed by atoms with Crippen LogP contribution in [0.5, 0.6) is 0 Å². The molecule has 1 fully saturated rings. The maximum absolute atomic E-state index is 14.0. The SMILES string of the molecule is CCC[N+]1(CCC)CCN(SC(F)(F)C(F)(OF)C(F)(F)C(F)(F)F)CC1. The summed E-state index contributed by atoms with van der Waals surface area (Å²) >= 11 is -0.896. The maximum Gasteiger partial charge on any atom is 0.459 e. The lowest BCUT2D eigenvalue weighted by molar-refractivity contribution is -0.931.